The Morgan fingerprint density at radius 2 is 2.04 bits per heavy atom. The highest BCUT2D eigenvalue weighted by molar-refractivity contribution is 7.11. The van der Waals surface area contributed by atoms with Crippen LogP contribution in [0.3, 0.4) is 0 Å². The lowest BCUT2D eigenvalue weighted by Crippen LogP contribution is -2.32. The normalized spacial score (nSPS) is 20.8. The number of pyridine rings is 1. The Hall–Kier alpha value is -1.23. The van der Waals surface area contributed by atoms with Crippen molar-refractivity contribution in [3.8, 4) is 0 Å². The SMILES string of the molecule is CCOC[C@@]1(CCc2ccc(C)s2)CCN(Cc2ccc(C)nc2C)C1. The highest BCUT2D eigenvalue weighted by Gasteiger charge is 2.38. The first-order chi connectivity index (χ1) is 12.5. The molecule has 142 valence electrons. The fourth-order valence-corrected chi connectivity index (χ4v) is 4.90. The van der Waals surface area contributed by atoms with E-state index < -0.39 is 0 Å². The molecular formula is C22H32N2OS. The molecule has 1 fully saturated rings. The molecule has 4 heteroatoms. The van der Waals surface area contributed by atoms with Gasteiger partial charge >= 0.3 is 0 Å². The van der Waals surface area contributed by atoms with E-state index in [1.54, 1.807) is 0 Å². The average molecular weight is 373 g/mol. The minimum Gasteiger partial charge on any atom is -0.381 e. The number of ether oxygens (including phenoxy) is 1. The smallest absolute Gasteiger partial charge is 0.0535 e. The van der Waals surface area contributed by atoms with Crippen LogP contribution >= 0.6 is 11.3 Å². The van der Waals surface area contributed by atoms with Crippen LogP contribution in [0.5, 0.6) is 0 Å². The summed E-state index contributed by atoms with van der Waals surface area (Å²) in [5, 5.41) is 0. The van der Waals surface area contributed by atoms with E-state index >= 15 is 0 Å². The van der Waals surface area contributed by atoms with Gasteiger partial charge in [-0.1, -0.05) is 6.07 Å². The lowest BCUT2D eigenvalue weighted by atomic mass is 9.83. The predicted molar refractivity (Wildman–Crippen MR) is 110 cm³/mol. The summed E-state index contributed by atoms with van der Waals surface area (Å²) in [5.41, 5.74) is 3.92. The van der Waals surface area contributed by atoms with Crippen molar-refractivity contribution in [2.45, 2.75) is 53.5 Å². The summed E-state index contributed by atoms with van der Waals surface area (Å²) in [4.78, 5) is 10.1. The molecule has 3 rings (SSSR count). The van der Waals surface area contributed by atoms with Crippen molar-refractivity contribution in [2.24, 2.45) is 5.41 Å². The molecule has 2 aromatic rings. The van der Waals surface area contributed by atoms with Gasteiger partial charge in [0.2, 0.25) is 0 Å². The summed E-state index contributed by atoms with van der Waals surface area (Å²) in [7, 11) is 0. The van der Waals surface area contributed by atoms with E-state index in [9.17, 15) is 0 Å². The van der Waals surface area contributed by atoms with Crippen LogP contribution in [0, 0.1) is 26.2 Å². The molecule has 0 aliphatic carbocycles. The zero-order chi connectivity index (χ0) is 18.6. The van der Waals surface area contributed by atoms with E-state index in [-0.39, 0.29) is 0 Å². The van der Waals surface area contributed by atoms with Crippen LogP contribution in [0.25, 0.3) is 0 Å². The molecule has 1 aliphatic rings. The molecule has 3 nitrogen and oxygen atoms in total. The molecule has 0 amide bonds. The van der Waals surface area contributed by atoms with Crippen LogP contribution in [0.4, 0.5) is 0 Å². The van der Waals surface area contributed by atoms with Crippen molar-refractivity contribution < 1.29 is 4.74 Å². The van der Waals surface area contributed by atoms with Crippen LogP contribution in [-0.4, -0.2) is 36.2 Å². The van der Waals surface area contributed by atoms with Gasteiger partial charge < -0.3 is 4.74 Å². The number of hydrogen-bond acceptors (Lipinski definition) is 4. The van der Waals surface area contributed by atoms with Gasteiger partial charge in [-0.25, -0.2) is 0 Å². The maximum Gasteiger partial charge on any atom is 0.0535 e. The third kappa shape index (κ3) is 4.93. The molecule has 2 aromatic heterocycles. The molecule has 0 N–H and O–H groups in total. The Bertz CT molecular complexity index is 727. The van der Waals surface area contributed by atoms with Gasteiger partial charge in [0.25, 0.3) is 0 Å². The number of likely N-dealkylation sites (tertiary alicyclic amines) is 1. The van der Waals surface area contributed by atoms with Crippen molar-refractivity contribution in [1.82, 2.24) is 9.88 Å². The Balaban J connectivity index is 1.64. The second-order valence-electron chi connectivity index (χ2n) is 7.81. The average Bonchev–Trinajstić information content (AvgIpc) is 3.21. The first-order valence-electron chi connectivity index (χ1n) is 9.78. The summed E-state index contributed by atoms with van der Waals surface area (Å²) >= 11 is 1.94. The molecule has 0 bridgehead atoms. The molecular weight excluding hydrogens is 340 g/mol. The predicted octanol–water partition coefficient (Wildman–Crippen LogP) is 4.93. The molecule has 1 saturated heterocycles. The second kappa shape index (κ2) is 8.64. The molecule has 1 atom stereocenters. The molecule has 3 heterocycles. The van der Waals surface area contributed by atoms with Crippen molar-refractivity contribution in [1.29, 1.82) is 0 Å². The van der Waals surface area contributed by atoms with Gasteiger partial charge in [0.1, 0.15) is 0 Å². The van der Waals surface area contributed by atoms with Gasteiger partial charge in [-0.05, 0) is 77.3 Å². The van der Waals surface area contributed by atoms with Crippen LogP contribution < -0.4 is 0 Å². The number of rotatable bonds is 8. The number of aromatic nitrogens is 1. The minimum absolute atomic E-state index is 0.292. The monoisotopic (exact) mass is 372 g/mol. The fourth-order valence-electron chi connectivity index (χ4n) is 4.01. The second-order valence-corrected chi connectivity index (χ2v) is 9.18. The summed E-state index contributed by atoms with van der Waals surface area (Å²) in [6, 6.07) is 8.91. The summed E-state index contributed by atoms with van der Waals surface area (Å²) in [6.07, 6.45) is 3.62. The largest absolute Gasteiger partial charge is 0.381 e. The highest BCUT2D eigenvalue weighted by atomic mass is 32.1. The third-order valence-corrected chi connectivity index (χ3v) is 6.62. The minimum atomic E-state index is 0.292. The fraction of sp³-hybridized carbons (Fsp3) is 0.591. The van der Waals surface area contributed by atoms with Crippen molar-refractivity contribution in [3.05, 3.63) is 51.0 Å². The number of thiophene rings is 1. The number of hydrogen-bond donors (Lipinski definition) is 0. The lowest BCUT2D eigenvalue weighted by molar-refractivity contribution is 0.0490. The van der Waals surface area contributed by atoms with Gasteiger partial charge in [-0.2, -0.15) is 0 Å². The Morgan fingerprint density at radius 3 is 2.73 bits per heavy atom. The summed E-state index contributed by atoms with van der Waals surface area (Å²) in [6.45, 7) is 13.5. The quantitative estimate of drug-likeness (QED) is 0.657. The standard InChI is InChI=1S/C22H32N2OS/c1-5-25-16-22(11-10-21-9-7-18(3)26-21)12-13-24(15-22)14-20-8-6-17(2)23-19(20)4/h6-9H,5,10-16H2,1-4H3/t22-/m0/s1. The first kappa shape index (κ1) is 19.5. The van der Waals surface area contributed by atoms with Crippen LogP contribution in [0.2, 0.25) is 0 Å². The van der Waals surface area contributed by atoms with E-state index in [4.69, 9.17) is 4.74 Å². The zero-order valence-electron chi connectivity index (χ0n) is 16.7. The van der Waals surface area contributed by atoms with Gasteiger partial charge in [0, 0.05) is 46.3 Å². The van der Waals surface area contributed by atoms with Gasteiger partial charge in [-0.3, -0.25) is 9.88 Å². The van der Waals surface area contributed by atoms with E-state index in [0.29, 0.717) is 5.41 Å². The molecule has 0 saturated carbocycles. The maximum absolute atomic E-state index is 5.92. The van der Waals surface area contributed by atoms with Crippen LogP contribution in [0.1, 0.15) is 46.5 Å². The van der Waals surface area contributed by atoms with E-state index in [1.165, 1.54) is 40.3 Å². The van der Waals surface area contributed by atoms with Gasteiger partial charge in [0.05, 0.1) is 6.61 Å². The van der Waals surface area contributed by atoms with Crippen LogP contribution in [-0.2, 0) is 17.7 Å². The van der Waals surface area contributed by atoms with Gasteiger partial charge in [-0.15, -0.1) is 11.3 Å². The highest BCUT2D eigenvalue weighted by Crippen LogP contribution is 2.37. The molecule has 0 spiro atoms. The first-order valence-corrected chi connectivity index (χ1v) is 10.6. The molecule has 26 heavy (non-hydrogen) atoms. The lowest BCUT2D eigenvalue weighted by Gasteiger charge is -2.29. The topological polar surface area (TPSA) is 25.4 Å². The van der Waals surface area contributed by atoms with Crippen molar-refractivity contribution >= 4 is 11.3 Å². The van der Waals surface area contributed by atoms with Crippen molar-refractivity contribution in [3.63, 3.8) is 0 Å². The molecule has 0 radical (unpaired) electrons. The Labute approximate surface area is 162 Å². The number of nitrogens with zero attached hydrogens (tertiary/aromatic N) is 2. The zero-order valence-corrected chi connectivity index (χ0v) is 17.5. The van der Waals surface area contributed by atoms with Crippen molar-refractivity contribution in [2.75, 3.05) is 26.3 Å². The van der Waals surface area contributed by atoms with Gasteiger partial charge in [0.15, 0.2) is 0 Å². The third-order valence-electron chi connectivity index (χ3n) is 5.56. The molecule has 1 aliphatic heterocycles. The molecule has 0 unspecified atom stereocenters. The Morgan fingerprint density at radius 1 is 1.19 bits per heavy atom. The summed E-state index contributed by atoms with van der Waals surface area (Å²) in [5.74, 6) is 0. The van der Waals surface area contributed by atoms with E-state index in [0.717, 1.165) is 38.5 Å². The van der Waals surface area contributed by atoms with E-state index in [2.05, 4.69) is 61.8 Å². The van der Waals surface area contributed by atoms with E-state index in [1.807, 2.05) is 11.3 Å². The number of aryl methyl sites for hydroxylation is 4. The Kier molecular flexibility index (Phi) is 6.49. The van der Waals surface area contributed by atoms with Crippen LogP contribution in [0.15, 0.2) is 24.3 Å². The molecule has 0 aromatic carbocycles. The summed E-state index contributed by atoms with van der Waals surface area (Å²) < 4.78 is 5.92. The maximum atomic E-state index is 5.92.